The average molecular weight is 242 g/mol. The first-order valence-corrected chi connectivity index (χ1v) is 6.04. The van der Waals surface area contributed by atoms with Crippen molar-refractivity contribution in [3.63, 3.8) is 0 Å². The number of carbonyl (C=O) groups excluding carboxylic acids is 1. The van der Waals surface area contributed by atoms with Gasteiger partial charge < -0.3 is 0 Å². The summed E-state index contributed by atoms with van der Waals surface area (Å²) in [6.45, 7) is 4.74. The maximum absolute atomic E-state index is 11.3. The van der Waals surface area contributed by atoms with Crippen LogP contribution in [0.1, 0.15) is 39.5 Å². The number of aromatic amines is 1. The van der Waals surface area contributed by atoms with Crippen molar-refractivity contribution in [3.05, 3.63) is 4.77 Å². The Hall–Kier alpha value is -1.17. The number of aromatic nitrogens is 3. The summed E-state index contributed by atoms with van der Waals surface area (Å²) in [5, 5.41) is 9.41. The third-order valence-electron chi connectivity index (χ3n) is 2.32. The van der Waals surface area contributed by atoms with Gasteiger partial charge in [0.2, 0.25) is 11.9 Å². The quantitative estimate of drug-likeness (QED) is 0.595. The molecule has 6 heteroatoms. The number of H-pyrrole nitrogens is 1. The maximum Gasteiger partial charge on any atom is 0.229 e. The van der Waals surface area contributed by atoms with Crippen LogP contribution < -0.4 is 5.32 Å². The van der Waals surface area contributed by atoms with Crippen LogP contribution in [-0.4, -0.2) is 20.7 Å². The predicted octanol–water partition coefficient (Wildman–Crippen LogP) is 2.48. The normalized spacial score (nSPS) is 10.4. The summed E-state index contributed by atoms with van der Waals surface area (Å²) in [5.74, 6) is 0.471. The minimum Gasteiger partial charge on any atom is -0.295 e. The van der Waals surface area contributed by atoms with E-state index in [4.69, 9.17) is 12.2 Å². The third kappa shape index (κ3) is 3.44. The van der Waals surface area contributed by atoms with Gasteiger partial charge in [-0.05, 0) is 18.6 Å². The first-order chi connectivity index (χ1) is 7.69. The summed E-state index contributed by atoms with van der Waals surface area (Å²) in [6.07, 6.45) is 3.78. The van der Waals surface area contributed by atoms with E-state index in [0.29, 0.717) is 17.1 Å². The van der Waals surface area contributed by atoms with Crippen LogP contribution in [0.4, 0.5) is 5.95 Å². The van der Waals surface area contributed by atoms with Crippen LogP contribution >= 0.6 is 12.2 Å². The molecule has 0 atom stereocenters. The molecule has 1 rings (SSSR count). The Morgan fingerprint density at radius 1 is 1.50 bits per heavy atom. The van der Waals surface area contributed by atoms with Crippen molar-refractivity contribution >= 4 is 24.1 Å². The van der Waals surface area contributed by atoms with Crippen molar-refractivity contribution in [1.82, 2.24) is 14.8 Å². The fourth-order valence-corrected chi connectivity index (χ4v) is 1.58. The van der Waals surface area contributed by atoms with E-state index in [9.17, 15) is 4.79 Å². The van der Waals surface area contributed by atoms with Crippen LogP contribution in [0, 0.1) is 4.77 Å². The topological polar surface area (TPSA) is 62.7 Å². The van der Waals surface area contributed by atoms with Gasteiger partial charge in [-0.1, -0.05) is 26.7 Å². The van der Waals surface area contributed by atoms with E-state index in [2.05, 4.69) is 22.4 Å². The van der Waals surface area contributed by atoms with Gasteiger partial charge in [0.1, 0.15) is 0 Å². The number of unbranched alkanes of at least 4 members (excludes halogenated alkanes) is 2. The number of nitrogens with zero attached hydrogens (tertiary/aromatic N) is 2. The Balaban J connectivity index is 2.69. The second-order valence-corrected chi connectivity index (χ2v) is 4.00. The standard InChI is InChI=1S/C10H18N4OS/c1-3-5-6-7-14-9(11-8(15)4-2)12-13-10(14)16/h3-7H2,1-2H3,(H,13,16)(H,11,12,15). The summed E-state index contributed by atoms with van der Waals surface area (Å²) >= 11 is 5.11. The number of hydrogen-bond acceptors (Lipinski definition) is 3. The molecule has 5 nitrogen and oxygen atoms in total. The molecule has 1 amide bonds. The Morgan fingerprint density at radius 2 is 2.25 bits per heavy atom. The Morgan fingerprint density at radius 3 is 2.88 bits per heavy atom. The van der Waals surface area contributed by atoms with E-state index in [1.807, 2.05) is 4.57 Å². The van der Waals surface area contributed by atoms with E-state index in [1.165, 1.54) is 0 Å². The molecule has 2 N–H and O–H groups in total. The molecule has 0 aliphatic rings. The van der Waals surface area contributed by atoms with Crippen LogP contribution in [-0.2, 0) is 11.3 Å². The SMILES string of the molecule is CCCCCn1c(NC(=O)CC)n[nH]c1=S. The molecule has 0 aliphatic carbocycles. The molecular weight excluding hydrogens is 224 g/mol. The summed E-state index contributed by atoms with van der Waals surface area (Å²) in [4.78, 5) is 11.3. The number of hydrogen-bond donors (Lipinski definition) is 2. The highest BCUT2D eigenvalue weighted by Crippen LogP contribution is 2.07. The molecule has 0 saturated carbocycles. The molecule has 1 heterocycles. The van der Waals surface area contributed by atoms with Gasteiger partial charge in [-0.2, -0.15) is 0 Å². The highest BCUT2D eigenvalue weighted by molar-refractivity contribution is 7.71. The second kappa shape index (κ2) is 6.42. The number of amides is 1. The number of anilines is 1. The highest BCUT2D eigenvalue weighted by atomic mass is 32.1. The summed E-state index contributed by atoms with van der Waals surface area (Å²) in [7, 11) is 0. The van der Waals surface area contributed by atoms with Crippen molar-refractivity contribution in [3.8, 4) is 0 Å². The summed E-state index contributed by atoms with van der Waals surface area (Å²) in [5.41, 5.74) is 0. The summed E-state index contributed by atoms with van der Waals surface area (Å²) in [6, 6.07) is 0. The minimum absolute atomic E-state index is 0.0502. The average Bonchev–Trinajstić information content (AvgIpc) is 2.61. The van der Waals surface area contributed by atoms with E-state index in [1.54, 1.807) is 6.92 Å². The lowest BCUT2D eigenvalue weighted by atomic mass is 10.2. The van der Waals surface area contributed by atoms with Crippen molar-refractivity contribution in [1.29, 1.82) is 0 Å². The molecule has 1 aromatic heterocycles. The molecule has 0 aromatic carbocycles. The zero-order valence-electron chi connectivity index (χ0n) is 9.75. The predicted molar refractivity (Wildman–Crippen MR) is 65.9 cm³/mol. The van der Waals surface area contributed by atoms with E-state index >= 15 is 0 Å². The van der Waals surface area contributed by atoms with Gasteiger partial charge in [0.05, 0.1) is 0 Å². The van der Waals surface area contributed by atoms with Crippen molar-refractivity contribution < 1.29 is 4.79 Å². The van der Waals surface area contributed by atoms with Gasteiger partial charge in [-0.3, -0.25) is 14.7 Å². The molecule has 90 valence electrons. The van der Waals surface area contributed by atoms with Crippen LogP contribution in [0.15, 0.2) is 0 Å². The zero-order valence-corrected chi connectivity index (χ0v) is 10.6. The smallest absolute Gasteiger partial charge is 0.229 e. The molecule has 0 bridgehead atoms. The molecular formula is C10H18N4OS. The van der Waals surface area contributed by atoms with E-state index < -0.39 is 0 Å². The maximum atomic E-state index is 11.3. The molecule has 0 saturated heterocycles. The largest absolute Gasteiger partial charge is 0.295 e. The molecule has 0 radical (unpaired) electrons. The molecule has 0 spiro atoms. The Bertz CT molecular complexity index is 396. The van der Waals surface area contributed by atoms with Crippen molar-refractivity contribution in [2.45, 2.75) is 46.1 Å². The van der Waals surface area contributed by atoms with Crippen LogP contribution in [0.3, 0.4) is 0 Å². The van der Waals surface area contributed by atoms with Crippen LogP contribution in [0.2, 0.25) is 0 Å². The van der Waals surface area contributed by atoms with E-state index in [-0.39, 0.29) is 5.91 Å². The minimum atomic E-state index is -0.0502. The van der Waals surface area contributed by atoms with Gasteiger partial charge in [0.15, 0.2) is 4.77 Å². The number of carbonyl (C=O) groups is 1. The van der Waals surface area contributed by atoms with E-state index in [0.717, 1.165) is 25.8 Å². The Kier molecular flexibility index (Phi) is 5.18. The lowest BCUT2D eigenvalue weighted by Gasteiger charge is -2.06. The number of nitrogens with one attached hydrogen (secondary N) is 2. The van der Waals surface area contributed by atoms with Crippen molar-refractivity contribution in [2.24, 2.45) is 0 Å². The lowest BCUT2D eigenvalue weighted by molar-refractivity contribution is -0.115. The van der Waals surface area contributed by atoms with Gasteiger partial charge in [-0.25, -0.2) is 5.10 Å². The highest BCUT2D eigenvalue weighted by Gasteiger charge is 2.07. The first-order valence-electron chi connectivity index (χ1n) is 5.64. The molecule has 1 aromatic rings. The fraction of sp³-hybridized carbons (Fsp3) is 0.700. The van der Waals surface area contributed by atoms with Gasteiger partial charge in [0, 0.05) is 13.0 Å². The zero-order chi connectivity index (χ0) is 12.0. The Labute approximate surface area is 100 Å². The molecule has 0 unspecified atom stereocenters. The fourth-order valence-electron chi connectivity index (χ4n) is 1.35. The van der Waals surface area contributed by atoms with Gasteiger partial charge in [0.25, 0.3) is 0 Å². The molecule has 16 heavy (non-hydrogen) atoms. The lowest BCUT2D eigenvalue weighted by Crippen LogP contribution is -2.14. The third-order valence-corrected chi connectivity index (χ3v) is 2.63. The first kappa shape index (κ1) is 12.9. The van der Waals surface area contributed by atoms with Gasteiger partial charge in [-0.15, -0.1) is 5.10 Å². The molecule has 0 aliphatic heterocycles. The molecule has 0 fully saturated rings. The van der Waals surface area contributed by atoms with Crippen LogP contribution in [0.25, 0.3) is 0 Å². The monoisotopic (exact) mass is 242 g/mol. The van der Waals surface area contributed by atoms with Crippen LogP contribution in [0.5, 0.6) is 0 Å². The van der Waals surface area contributed by atoms with Gasteiger partial charge >= 0.3 is 0 Å². The van der Waals surface area contributed by atoms with Crippen molar-refractivity contribution in [2.75, 3.05) is 5.32 Å². The second-order valence-electron chi connectivity index (χ2n) is 3.61. The summed E-state index contributed by atoms with van der Waals surface area (Å²) < 4.78 is 2.39. The number of rotatable bonds is 6.